The van der Waals surface area contributed by atoms with Crippen LogP contribution >= 0.6 is 11.8 Å². The van der Waals surface area contributed by atoms with E-state index in [2.05, 4.69) is 0 Å². The first-order valence-electron chi connectivity index (χ1n) is 5.36. The number of thioether (sulfide) groups is 1. The van der Waals surface area contributed by atoms with Crippen LogP contribution in [0.4, 0.5) is 0 Å². The number of amides is 2. The van der Waals surface area contributed by atoms with Crippen molar-refractivity contribution in [2.24, 2.45) is 0 Å². The lowest BCUT2D eigenvalue weighted by Gasteiger charge is -2.12. The highest BCUT2D eigenvalue weighted by molar-refractivity contribution is 7.99. The first-order valence-corrected chi connectivity index (χ1v) is 6.51. The quantitative estimate of drug-likeness (QED) is 0.644. The zero-order chi connectivity index (χ0) is 13.1. The van der Waals surface area contributed by atoms with Crippen LogP contribution in [0.15, 0.2) is 24.3 Å². The van der Waals surface area contributed by atoms with Gasteiger partial charge in [0.2, 0.25) is 0 Å². The molecule has 6 heteroatoms. The average Bonchev–Trinajstić information content (AvgIpc) is 2.59. The molecule has 0 saturated carbocycles. The van der Waals surface area contributed by atoms with Gasteiger partial charge in [0, 0.05) is 5.75 Å². The summed E-state index contributed by atoms with van der Waals surface area (Å²) in [5, 5.41) is 8.49. The summed E-state index contributed by atoms with van der Waals surface area (Å²) in [6.07, 6.45) is 0.0217. The van der Waals surface area contributed by atoms with E-state index in [9.17, 15) is 14.4 Å². The van der Waals surface area contributed by atoms with E-state index in [1.807, 2.05) is 0 Å². The Kier molecular flexibility index (Phi) is 3.66. The van der Waals surface area contributed by atoms with E-state index >= 15 is 0 Å². The molecule has 0 unspecified atom stereocenters. The summed E-state index contributed by atoms with van der Waals surface area (Å²) >= 11 is 1.26. The Hall–Kier alpha value is -1.82. The zero-order valence-electron chi connectivity index (χ0n) is 9.46. The van der Waals surface area contributed by atoms with Crippen molar-refractivity contribution in [3.8, 4) is 0 Å². The van der Waals surface area contributed by atoms with Gasteiger partial charge in [-0.25, -0.2) is 0 Å². The standard InChI is InChI=1S/C12H11NO4S/c14-10(15)5-6-18-7-13-11(16)8-3-1-2-4-9(8)12(13)17/h1-4H,5-7H2,(H,14,15). The molecular formula is C12H11NO4S. The van der Waals surface area contributed by atoms with Gasteiger partial charge in [0.25, 0.3) is 11.8 Å². The van der Waals surface area contributed by atoms with E-state index in [4.69, 9.17) is 5.11 Å². The summed E-state index contributed by atoms with van der Waals surface area (Å²) in [7, 11) is 0. The average molecular weight is 265 g/mol. The lowest BCUT2D eigenvalue weighted by atomic mass is 10.1. The molecule has 0 spiro atoms. The Morgan fingerprint density at radius 1 is 1.17 bits per heavy atom. The Morgan fingerprint density at radius 3 is 2.22 bits per heavy atom. The fraction of sp³-hybridized carbons (Fsp3) is 0.250. The van der Waals surface area contributed by atoms with Crippen LogP contribution < -0.4 is 0 Å². The number of carbonyl (C=O) groups excluding carboxylic acids is 2. The van der Waals surface area contributed by atoms with Gasteiger partial charge in [-0.2, -0.15) is 0 Å². The minimum atomic E-state index is -0.884. The van der Waals surface area contributed by atoms with Crippen molar-refractivity contribution in [1.29, 1.82) is 0 Å². The van der Waals surface area contributed by atoms with Crippen LogP contribution in [0.1, 0.15) is 27.1 Å². The number of imide groups is 1. The number of fused-ring (bicyclic) bond motifs is 1. The number of hydrogen-bond donors (Lipinski definition) is 1. The van der Waals surface area contributed by atoms with E-state index in [0.717, 1.165) is 4.90 Å². The van der Waals surface area contributed by atoms with Gasteiger partial charge >= 0.3 is 5.97 Å². The Labute approximate surface area is 108 Å². The molecule has 0 bridgehead atoms. The van der Waals surface area contributed by atoms with Gasteiger partial charge in [-0.3, -0.25) is 19.3 Å². The Morgan fingerprint density at radius 2 is 1.72 bits per heavy atom. The second-order valence-electron chi connectivity index (χ2n) is 3.77. The number of rotatable bonds is 5. The largest absolute Gasteiger partial charge is 0.481 e. The van der Waals surface area contributed by atoms with Gasteiger partial charge < -0.3 is 5.11 Å². The minimum absolute atomic E-state index is 0.0217. The van der Waals surface area contributed by atoms with E-state index in [-0.39, 0.29) is 24.1 Å². The SMILES string of the molecule is O=C(O)CCSCN1C(=O)c2ccccc2C1=O. The van der Waals surface area contributed by atoms with E-state index < -0.39 is 5.97 Å². The van der Waals surface area contributed by atoms with Crippen molar-refractivity contribution in [3.05, 3.63) is 35.4 Å². The Balaban J connectivity index is 1.99. The van der Waals surface area contributed by atoms with Crippen molar-refractivity contribution in [1.82, 2.24) is 4.90 Å². The highest BCUT2D eigenvalue weighted by Gasteiger charge is 2.34. The molecule has 2 amide bonds. The molecular weight excluding hydrogens is 254 g/mol. The molecule has 1 heterocycles. The van der Waals surface area contributed by atoms with Crippen LogP contribution in [0, 0.1) is 0 Å². The first-order chi connectivity index (χ1) is 8.61. The lowest BCUT2D eigenvalue weighted by molar-refractivity contribution is -0.136. The third kappa shape index (κ3) is 2.38. The highest BCUT2D eigenvalue weighted by atomic mass is 32.2. The first kappa shape index (κ1) is 12.6. The monoisotopic (exact) mass is 265 g/mol. The molecule has 1 aliphatic rings. The molecule has 1 N–H and O–H groups in total. The molecule has 1 aromatic rings. The third-order valence-corrected chi connectivity index (χ3v) is 3.49. The number of carboxylic acid groups (broad SMARTS) is 1. The Bertz CT molecular complexity index is 480. The van der Waals surface area contributed by atoms with Crippen molar-refractivity contribution in [3.63, 3.8) is 0 Å². The maximum atomic E-state index is 11.9. The van der Waals surface area contributed by atoms with Crippen LogP contribution in [0.2, 0.25) is 0 Å². The summed E-state index contributed by atoms with van der Waals surface area (Å²) in [4.78, 5) is 35.3. The normalized spacial score (nSPS) is 13.9. The van der Waals surface area contributed by atoms with Gasteiger partial charge in [0.1, 0.15) is 0 Å². The number of carboxylic acids is 1. The topological polar surface area (TPSA) is 74.7 Å². The fourth-order valence-corrected chi connectivity index (χ4v) is 2.54. The second kappa shape index (κ2) is 5.22. The van der Waals surface area contributed by atoms with Crippen LogP contribution in [-0.2, 0) is 4.79 Å². The summed E-state index contributed by atoms with van der Waals surface area (Å²) in [5.74, 6) is -0.927. The van der Waals surface area contributed by atoms with Crippen LogP contribution in [-0.4, -0.2) is 39.4 Å². The molecule has 0 aromatic heterocycles. The molecule has 94 valence electrons. The molecule has 5 nitrogen and oxygen atoms in total. The summed E-state index contributed by atoms with van der Waals surface area (Å²) in [5.41, 5.74) is 0.836. The predicted molar refractivity (Wildman–Crippen MR) is 66.5 cm³/mol. The van der Waals surface area contributed by atoms with Crippen molar-refractivity contribution in [2.75, 3.05) is 11.6 Å². The van der Waals surface area contributed by atoms with E-state index in [1.54, 1.807) is 24.3 Å². The highest BCUT2D eigenvalue weighted by Crippen LogP contribution is 2.24. The van der Waals surface area contributed by atoms with Gasteiger partial charge in [-0.1, -0.05) is 12.1 Å². The van der Waals surface area contributed by atoms with Crippen LogP contribution in [0.25, 0.3) is 0 Å². The molecule has 1 aliphatic heterocycles. The molecule has 0 aliphatic carbocycles. The van der Waals surface area contributed by atoms with Crippen LogP contribution in [0.5, 0.6) is 0 Å². The summed E-state index contributed by atoms with van der Waals surface area (Å²) < 4.78 is 0. The summed E-state index contributed by atoms with van der Waals surface area (Å²) in [6, 6.07) is 6.67. The molecule has 0 radical (unpaired) electrons. The number of hydrogen-bond acceptors (Lipinski definition) is 4. The molecule has 2 rings (SSSR count). The molecule has 0 fully saturated rings. The van der Waals surface area contributed by atoms with Crippen molar-refractivity contribution in [2.45, 2.75) is 6.42 Å². The fourth-order valence-electron chi connectivity index (χ4n) is 1.67. The maximum Gasteiger partial charge on any atom is 0.304 e. The minimum Gasteiger partial charge on any atom is -0.481 e. The van der Waals surface area contributed by atoms with E-state index in [0.29, 0.717) is 16.9 Å². The molecule has 0 saturated heterocycles. The zero-order valence-corrected chi connectivity index (χ0v) is 10.3. The second-order valence-corrected chi connectivity index (χ2v) is 4.84. The maximum absolute atomic E-state index is 11.9. The predicted octanol–water partition coefficient (Wildman–Crippen LogP) is 1.45. The number of benzene rings is 1. The number of carbonyl (C=O) groups is 3. The third-order valence-electron chi connectivity index (χ3n) is 2.56. The lowest BCUT2D eigenvalue weighted by Crippen LogP contribution is -2.29. The smallest absolute Gasteiger partial charge is 0.304 e. The van der Waals surface area contributed by atoms with Crippen molar-refractivity contribution >= 4 is 29.5 Å². The van der Waals surface area contributed by atoms with Gasteiger partial charge in [-0.15, -0.1) is 11.8 Å². The van der Waals surface area contributed by atoms with Gasteiger partial charge in [0.15, 0.2) is 0 Å². The summed E-state index contributed by atoms with van der Waals surface area (Å²) in [6.45, 7) is 0. The van der Waals surface area contributed by atoms with E-state index in [1.165, 1.54) is 11.8 Å². The van der Waals surface area contributed by atoms with Gasteiger partial charge in [-0.05, 0) is 12.1 Å². The number of aliphatic carboxylic acids is 1. The van der Waals surface area contributed by atoms with Gasteiger partial charge in [0.05, 0.1) is 23.4 Å². The number of nitrogens with zero attached hydrogens (tertiary/aromatic N) is 1. The van der Waals surface area contributed by atoms with Crippen molar-refractivity contribution < 1.29 is 19.5 Å². The van der Waals surface area contributed by atoms with Crippen LogP contribution in [0.3, 0.4) is 0 Å². The molecule has 1 aromatic carbocycles. The molecule has 18 heavy (non-hydrogen) atoms. The molecule has 0 atom stereocenters.